The number of aromatic nitrogens is 3. The third-order valence-corrected chi connectivity index (χ3v) is 7.62. The number of nitrogens with zero attached hydrogens (tertiary/aromatic N) is 4. The molecule has 0 spiro atoms. The molecule has 0 aliphatic rings. The molecule has 0 saturated carbocycles. The van der Waals surface area contributed by atoms with Crippen LogP contribution in [0.25, 0.3) is 43.4 Å². The number of anilines is 1. The van der Waals surface area contributed by atoms with Crippen molar-refractivity contribution in [1.29, 1.82) is 0 Å². The Kier molecular flexibility index (Phi) is 5.88. The molecule has 188 valence electrons. The number of pyridine rings is 1. The van der Waals surface area contributed by atoms with Crippen LogP contribution < -0.4 is 15.5 Å². The van der Waals surface area contributed by atoms with Crippen LogP contribution in [0, 0.1) is 6.92 Å². The van der Waals surface area contributed by atoms with Crippen molar-refractivity contribution in [3.63, 3.8) is 0 Å². The third kappa shape index (κ3) is 4.18. The van der Waals surface area contributed by atoms with Crippen molar-refractivity contribution >= 4 is 49.8 Å². The molecular weight excluding hydrogens is 494 g/mol. The molecule has 7 nitrogen and oxygen atoms in total. The summed E-state index contributed by atoms with van der Waals surface area (Å²) in [5.41, 5.74) is 11.9. The lowest BCUT2D eigenvalue weighted by Crippen LogP contribution is -2.36. The zero-order valence-electron chi connectivity index (χ0n) is 21.2. The summed E-state index contributed by atoms with van der Waals surface area (Å²) in [5.74, 6) is -0.358. The van der Waals surface area contributed by atoms with Gasteiger partial charge in [0.15, 0.2) is 6.04 Å². The molecule has 3 aromatic heterocycles. The zero-order valence-corrected chi connectivity index (χ0v) is 22.0. The highest BCUT2D eigenvalue weighted by atomic mass is 32.1. The molecule has 0 bridgehead atoms. The monoisotopic (exact) mass is 519 g/mol. The average Bonchev–Trinajstić information content (AvgIpc) is 3.53. The number of thiophene rings is 1. The van der Waals surface area contributed by atoms with Crippen LogP contribution in [0.4, 0.5) is 11.6 Å². The van der Waals surface area contributed by atoms with Crippen LogP contribution in [-0.2, 0) is 0 Å². The van der Waals surface area contributed by atoms with E-state index in [1.54, 1.807) is 10.9 Å². The number of benzene rings is 3. The Balaban J connectivity index is 1.57. The molecule has 0 amide bonds. The van der Waals surface area contributed by atoms with Gasteiger partial charge in [-0.3, -0.25) is 4.52 Å². The number of aliphatic imine (C=N–C) groups is 1. The van der Waals surface area contributed by atoms with Gasteiger partial charge in [0.25, 0.3) is 6.20 Å². The number of aryl methyl sites for hydroxylation is 1. The summed E-state index contributed by atoms with van der Waals surface area (Å²) in [6, 6.07) is 24.8. The summed E-state index contributed by atoms with van der Waals surface area (Å²) in [7, 11) is 0. The highest BCUT2D eigenvalue weighted by Gasteiger charge is 2.20. The SMILES string of the molecule is Cc1ccc(-c2cc(-c3cccc4ccccc34)nc3sc(/C([O-])=N/c4c[n+](C(C)C)no4)c(N)c23)cc1. The quantitative estimate of drug-likeness (QED) is 0.172. The maximum Gasteiger partial charge on any atom is 0.320 e. The van der Waals surface area contributed by atoms with Gasteiger partial charge >= 0.3 is 5.88 Å². The predicted molar refractivity (Wildman–Crippen MR) is 150 cm³/mol. The van der Waals surface area contributed by atoms with Crippen molar-refractivity contribution in [1.82, 2.24) is 10.3 Å². The Hall–Kier alpha value is -4.56. The fourth-order valence-electron chi connectivity index (χ4n) is 4.52. The topological polar surface area (TPSA) is 104 Å². The van der Waals surface area contributed by atoms with Crippen LogP contribution in [0.1, 0.15) is 30.3 Å². The second kappa shape index (κ2) is 9.39. The lowest BCUT2D eigenvalue weighted by atomic mass is 9.96. The van der Waals surface area contributed by atoms with Crippen molar-refractivity contribution in [3.8, 4) is 22.4 Å². The molecule has 0 saturated heterocycles. The van der Waals surface area contributed by atoms with Crippen molar-refractivity contribution in [2.24, 2.45) is 4.99 Å². The maximum atomic E-state index is 13.2. The van der Waals surface area contributed by atoms with E-state index in [4.69, 9.17) is 15.2 Å². The minimum absolute atomic E-state index is 0.0842. The van der Waals surface area contributed by atoms with Gasteiger partial charge in [-0.2, -0.15) is 0 Å². The normalized spacial score (nSPS) is 12.2. The van der Waals surface area contributed by atoms with Gasteiger partial charge in [-0.25, -0.2) is 9.98 Å². The minimum atomic E-state index is -0.487. The van der Waals surface area contributed by atoms with Crippen molar-refractivity contribution in [3.05, 3.63) is 89.4 Å². The number of nitrogens with two attached hydrogens (primary N) is 1. The van der Waals surface area contributed by atoms with Gasteiger partial charge < -0.3 is 10.8 Å². The summed E-state index contributed by atoms with van der Waals surface area (Å²) < 4.78 is 6.83. The van der Waals surface area contributed by atoms with Crippen molar-refractivity contribution < 1.29 is 14.3 Å². The second-order valence-electron chi connectivity index (χ2n) is 9.50. The van der Waals surface area contributed by atoms with E-state index >= 15 is 0 Å². The number of fused-ring (bicyclic) bond motifs is 2. The van der Waals surface area contributed by atoms with Crippen LogP contribution in [-0.4, -0.2) is 16.2 Å². The standard InChI is InChI=1S/C30H25N5O2S/c1-17(2)35-16-25(37-34-35)33-29(36)28-27(31)26-23(20-13-11-18(3)12-14-20)15-24(32-30(26)38-28)22-10-6-8-19-7-4-5-9-21(19)22/h4-17H,1-3H3,(H2-,31,33,34,36). The first-order valence-corrected chi connectivity index (χ1v) is 13.1. The summed E-state index contributed by atoms with van der Waals surface area (Å²) in [6.07, 6.45) is 1.60. The molecule has 0 aliphatic carbocycles. The van der Waals surface area contributed by atoms with E-state index < -0.39 is 5.90 Å². The molecule has 38 heavy (non-hydrogen) atoms. The molecule has 0 aliphatic heterocycles. The Morgan fingerprint density at radius 3 is 2.55 bits per heavy atom. The molecule has 6 rings (SSSR count). The minimum Gasteiger partial charge on any atom is -0.857 e. The zero-order chi connectivity index (χ0) is 26.4. The van der Waals surface area contributed by atoms with Crippen LogP contribution in [0.5, 0.6) is 0 Å². The first-order chi connectivity index (χ1) is 18.4. The molecule has 3 aromatic carbocycles. The fraction of sp³-hybridized carbons (Fsp3) is 0.133. The van der Waals surface area contributed by atoms with E-state index in [1.165, 1.54) is 11.3 Å². The summed E-state index contributed by atoms with van der Waals surface area (Å²) in [6.45, 7) is 5.98. The number of rotatable bonds is 5. The van der Waals surface area contributed by atoms with Gasteiger partial charge in [0.2, 0.25) is 5.27 Å². The highest BCUT2D eigenvalue weighted by Crippen LogP contribution is 2.42. The lowest BCUT2D eigenvalue weighted by Gasteiger charge is -2.11. The van der Waals surface area contributed by atoms with E-state index in [9.17, 15) is 5.11 Å². The number of hydrogen-bond acceptors (Lipinski definition) is 7. The fourth-order valence-corrected chi connectivity index (χ4v) is 5.52. The van der Waals surface area contributed by atoms with Gasteiger partial charge in [-0.1, -0.05) is 72.3 Å². The van der Waals surface area contributed by atoms with Crippen molar-refractivity contribution in [2.45, 2.75) is 26.8 Å². The first kappa shape index (κ1) is 23.8. The molecule has 0 radical (unpaired) electrons. The molecule has 3 heterocycles. The van der Waals surface area contributed by atoms with Crippen molar-refractivity contribution in [2.75, 3.05) is 5.73 Å². The third-order valence-electron chi connectivity index (χ3n) is 6.53. The van der Waals surface area contributed by atoms with Gasteiger partial charge in [0, 0.05) is 16.8 Å². The van der Waals surface area contributed by atoms with Gasteiger partial charge in [0.1, 0.15) is 4.83 Å². The highest BCUT2D eigenvalue weighted by molar-refractivity contribution is 7.21. The summed E-state index contributed by atoms with van der Waals surface area (Å²) in [5, 5.41) is 20.1. The maximum absolute atomic E-state index is 13.2. The smallest absolute Gasteiger partial charge is 0.320 e. The molecule has 2 N–H and O–H groups in total. The van der Waals surface area contributed by atoms with Crippen LogP contribution in [0.2, 0.25) is 0 Å². The van der Waals surface area contributed by atoms with Crippen LogP contribution in [0.3, 0.4) is 0 Å². The number of hydrogen-bond donors (Lipinski definition) is 1. The summed E-state index contributed by atoms with van der Waals surface area (Å²) in [4.78, 5) is 10.1. The largest absolute Gasteiger partial charge is 0.857 e. The molecule has 0 fully saturated rings. The number of nitrogen functional groups attached to an aromatic ring is 1. The Labute approximate surface area is 223 Å². The molecule has 0 unspecified atom stereocenters. The second-order valence-corrected chi connectivity index (χ2v) is 10.5. The van der Waals surface area contributed by atoms with Gasteiger partial charge in [-0.15, -0.1) is 11.3 Å². The van der Waals surface area contributed by atoms with E-state index in [1.807, 2.05) is 32.0 Å². The predicted octanol–water partition coefficient (Wildman–Crippen LogP) is 5.97. The Morgan fingerprint density at radius 2 is 1.79 bits per heavy atom. The molecule has 8 heteroatoms. The van der Waals surface area contributed by atoms with E-state index in [0.717, 1.165) is 44.1 Å². The lowest BCUT2D eigenvalue weighted by molar-refractivity contribution is -0.779. The first-order valence-electron chi connectivity index (χ1n) is 12.3. The van der Waals surface area contributed by atoms with E-state index in [-0.39, 0.29) is 11.9 Å². The van der Waals surface area contributed by atoms with Crippen LogP contribution >= 0.6 is 11.3 Å². The molecule has 0 atom stereocenters. The Bertz CT molecular complexity index is 1830. The Morgan fingerprint density at radius 1 is 1.03 bits per heavy atom. The van der Waals surface area contributed by atoms with E-state index in [0.29, 0.717) is 15.4 Å². The average molecular weight is 520 g/mol. The van der Waals surface area contributed by atoms with Crippen LogP contribution in [0.15, 0.2) is 88.5 Å². The van der Waals surface area contributed by atoms with Gasteiger partial charge in [-0.05, 0) is 53.4 Å². The molecular formula is C30H25N5O2S. The van der Waals surface area contributed by atoms with Gasteiger partial charge in [0.05, 0.1) is 16.3 Å². The summed E-state index contributed by atoms with van der Waals surface area (Å²) >= 11 is 1.24. The molecule has 6 aromatic rings. The van der Waals surface area contributed by atoms with E-state index in [2.05, 4.69) is 71.8 Å².